The zero-order chi connectivity index (χ0) is 24.8. The number of ether oxygens (including phenoxy) is 1. The quantitative estimate of drug-likeness (QED) is 0.394. The molecule has 35 heavy (non-hydrogen) atoms. The van der Waals surface area contributed by atoms with Gasteiger partial charge in [0.25, 0.3) is 0 Å². The molecule has 1 atom stereocenters. The van der Waals surface area contributed by atoms with Gasteiger partial charge >= 0.3 is 0 Å². The summed E-state index contributed by atoms with van der Waals surface area (Å²) in [6.45, 7) is 0.531. The number of halogens is 2. The standard InChI is InChI=1S/C25H26ClFN2O5S/c26-20-7-11-24(12-8-20)35(31,32)29(17-23-4-2-14-34-23)18-25(30)28(16-22-3-1-13-33-22)15-19-5-9-21(27)10-6-19/h1,3,5-13,23H,2,4,14-18H2/t23-/m0/s1. The van der Waals surface area contributed by atoms with Crippen molar-refractivity contribution in [1.29, 1.82) is 0 Å². The van der Waals surface area contributed by atoms with Gasteiger partial charge in [-0.25, -0.2) is 12.8 Å². The van der Waals surface area contributed by atoms with Gasteiger partial charge in [-0.05, 0) is 66.9 Å². The van der Waals surface area contributed by atoms with E-state index in [0.29, 0.717) is 29.4 Å². The molecule has 7 nitrogen and oxygen atoms in total. The van der Waals surface area contributed by atoms with Crippen molar-refractivity contribution in [3.05, 3.63) is 89.1 Å². The van der Waals surface area contributed by atoms with Crippen molar-refractivity contribution in [2.75, 3.05) is 19.7 Å². The summed E-state index contributed by atoms with van der Waals surface area (Å²) in [7, 11) is -4.00. The number of hydrogen-bond donors (Lipinski definition) is 0. The molecule has 4 rings (SSSR count). The Balaban J connectivity index is 1.59. The van der Waals surface area contributed by atoms with Crippen molar-refractivity contribution in [2.24, 2.45) is 0 Å². The number of carbonyl (C=O) groups is 1. The third-order valence-electron chi connectivity index (χ3n) is 5.76. The number of benzene rings is 2. The van der Waals surface area contributed by atoms with Gasteiger partial charge in [-0.2, -0.15) is 4.31 Å². The second-order valence-corrected chi connectivity index (χ2v) is 10.7. The zero-order valence-corrected chi connectivity index (χ0v) is 20.6. The molecule has 1 fully saturated rings. The number of sulfonamides is 1. The van der Waals surface area contributed by atoms with Crippen LogP contribution in [0.4, 0.5) is 4.39 Å². The highest BCUT2D eigenvalue weighted by Gasteiger charge is 2.32. The van der Waals surface area contributed by atoms with Gasteiger partial charge in [-0.1, -0.05) is 23.7 Å². The molecule has 1 aliphatic rings. The van der Waals surface area contributed by atoms with E-state index in [-0.39, 0.29) is 43.0 Å². The first-order chi connectivity index (χ1) is 16.8. The van der Waals surface area contributed by atoms with Crippen LogP contribution >= 0.6 is 11.6 Å². The summed E-state index contributed by atoms with van der Waals surface area (Å²) in [6.07, 6.45) is 2.76. The molecule has 0 saturated carbocycles. The molecule has 1 aromatic heterocycles. The van der Waals surface area contributed by atoms with Crippen LogP contribution in [0.5, 0.6) is 0 Å². The van der Waals surface area contributed by atoms with Crippen molar-refractivity contribution in [2.45, 2.75) is 36.9 Å². The molecule has 0 radical (unpaired) electrons. The molecule has 10 heteroatoms. The summed E-state index contributed by atoms with van der Waals surface area (Å²) < 4.78 is 52.6. The minimum absolute atomic E-state index is 0.0452. The third kappa shape index (κ3) is 6.70. The molecule has 3 aromatic rings. The van der Waals surface area contributed by atoms with Gasteiger partial charge in [0.15, 0.2) is 0 Å². The highest BCUT2D eigenvalue weighted by molar-refractivity contribution is 7.89. The smallest absolute Gasteiger partial charge is 0.243 e. The number of furan rings is 1. The van der Waals surface area contributed by atoms with Crippen LogP contribution in [0.3, 0.4) is 0 Å². The monoisotopic (exact) mass is 520 g/mol. The van der Waals surface area contributed by atoms with E-state index >= 15 is 0 Å². The fourth-order valence-corrected chi connectivity index (χ4v) is 5.45. The van der Waals surface area contributed by atoms with Crippen molar-refractivity contribution < 1.29 is 26.8 Å². The second-order valence-electron chi connectivity index (χ2n) is 8.34. The van der Waals surface area contributed by atoms with Gasteiger partial charge in [0, 0.05) is 24.7 Å². The van der Waals surface area contributed by atoms with Crippen LogP contribution in [0.1, 0.15) is 24.2 Å². The Labute approximate surface area is 209 Å². The molecular formula is C25H26ClFN2O5S. The van der Waals surface area contributed by atoms with Crippen LogP contribution in [0.2, 0.25) is 5.02 Å². The highest BCUT2D eigenvalue weighted by atomic mass is 35.5. The zero-order valence-electron chi connectivity index (χ0n) is 19.0. The average molecular weight is 521 g/mol. The Hall–Kier alpha value is -2.72. The van der Waals surface area contributed by atoms with Gasteiger partial charge in [0.1, 0.15) is 11.6 Å². The number of nitrogens with zero attached hydrogens (tertiary/aromatic N) is 2. The number of amides is 1. The molecule has 2 aromatic carbocycles. The molecule has 2 heterocycles. The summed E-state index contributed by atoms with van der Waals surface area (Å²) in [5.41, 5.74) is 0.706. The predicted octanol–water partition coefficient (Wildman–Crippen LogP) is 4.47. The second kappa shape index (κ2) is 11.3. The highest BCUT2D eigenvalue weighted by Crippen LogP contribution is 2.22. The Morgan fingerprint density at radius 2 is 1.80 bits per heavy atom. The molecule has 186 valence electrons. The molecule has 1 amide bonds. The van der Waals surface area contributed by atoms with Crippen LogP contribution in [0.15, 0.2) is 76.2 Å². The summed E-state index contributed by atoms with van der Waals surface area (Å²) in [6, 6.07) is 15.1. The van der Waals surface area contributed by atoms with Gasteiger partial charge in [0.2, 0.25) is 15.9 Å². The summed E-state index contributed by atoms with van der Waals surface area (Å²) in [5, 5.41) is 0.412. The summed E-state index contributed by atoms with van der Waals surface area (Å²) in [4.78, 5) is 15.0. The Kier molecular flexibility index (Phi) is 8.22. The first kappa shape index (κ1) is 25.4. The molecule has 0 unspecified atom stereocenters. The van der Waals surface area contributed by atoms with E-state index in [1.807, 2.05) is 0 Å². The minimum Gasteiger partial charge on any atom is -0.467 e. The van der Waals surface area contributed by atoms with E-state index in [0.717, 1.165) is 10.7 Å². The van der Waals surface area contributed by atoms with Crippen LogP contribution in [0.25, 0.3) is 0 Å². The van der Waals surface area contributed by atoms with E-state index < -0.39 is 15.9 Å². The van der Waals surface area contributed by atoms with E-state index in [1.54, 1.807) is 24.3 Å². The lowest BCUT2D eigenvalue weighted by atomic mass is 10.2. The van der Waals surface area contributed by atoms with Crippen LogP contribution in [-0.2, 0) is 32.6 Å². The number of rotatable bonds is 10. The van der Waals surface area contributed by atoms with E-state index in [4.69, 9.17) is 20.8 Å². The largest absolute Gasteiger partial charge is 0.467 e. The van der Waals surface area contributed by atoms with E-state index in [1.165, 1.54) is 47.6 Å². The van der Waals surface area contributed by atoms with Crippen molar-refractivity contribution in [1.82, 2.24) is 9.21 Å². The lowest BCUT2D eigenvalue weighted by molar-refractivity contribution is -0.133. The first-order valence-electron chi connectivity index (χ1n) is 11.2. The van der Waals surface area contributed by atoms with Crippen molar-refractivity contribution in [3.63, 3.8) is 0 Å². The van der Waals surface area contributed by atoms with Gasteiger partial charge in [0.05, 0.1) is 30.4 Å². The average Bonchev–Trinajstić information content (AvgIpc) is 3.54. The first-order valence-corrected chi connectivity index (χ1v) is 13.0. The lowest BCUT2D eigenvalue weighted by Crippen LogP contribution is -2.45. The molecule has 0 N–H and O–H groups in total. The van der Waals surface area contributed by atoms with Crippen molar-refractivity contribution >= 4 is 27.5 Å². The number of hydrogen-bond acceptors (Lipinski definition) is 5. The maximum Gasteiger partial charge on any atom is 0.243 e. The summed E-state index contributed by atoms with van der Waals surface area (Å²) >= 11 is 5.94. The van der Waals surface area contributed by atoms with Crippen LogP contribution in [-0.4, -0.2) is 49.3 Å². The molecular weight excluding hydrogens is 495 g/mol. The molecule has 1 saturated heterocycles. The topological polar surface area (TPSA) is 80.1 Å². The van der Waals surface area contributed by atoms with E-state index in [2.05, 4.69) is 0 Å². The Bertz CT molecular complexity index is 1210. The normalized spacial score (nSPS) is 16.0. The molecule has 0 bridgehead atoms. The third-order valence-corrected chi connectivity index (χ3v) is 7.84. The summed E-state index contributed by atoms with van der Waals surface area (Å²) in [5.74, 6) is -0.248. The van der Waals surface area contributed by atoms with Crippen molar-refractivity contribution in [3.8, 4) is 0 Å². The SMILES string of the molecule is O=C(CN(C[C@@H]1CCCO1)S(=O)(=O)c1ccc(Cl)cc1)N(Cc1ccc(F)cc1)Cc1ccco1. The van der Waals surface area contributed by atoms with Gasteiger partial charge < -0.3 is 14.1 Å². The molecule has 0 spiro atoms. The van der Waals surface area contributed by atoms with Crippen LogP contribution < -0.4 is 0 Å². The molecule has 1 aliphatic heterocycles. The van der Waals surface area contributed by atoms with Gasteiger partial charge in [-0.3, -0.25) is 4.79 Å². The fourth-order valence-electron chi connectivity index (χ4n) is 3.90. The number of carbonyl (C=O) groups excluding carboxylic acids is 1. The van der Waals surface area contributed by atoms with Crippen LogP contribution in [0, 0.1) is 5.82 Å². The minimum atomic E-state index is -4.00. The predicted molar refractivity (Wildman–Crippen MR) is 129 cm³/mol. The molecule has 0 aliphatic carbocycles. The maximum absolute atomic E-state index is 13.5. The van der Waals surface area contributed by atoms with Gasteiger partial charge in [-0.15, -0.1) is 0 Å². The fraction of sp³-hybridized carbons (Fsp3) is 0.320. The Morgan fingerprint density at radius 1 is 1.06 bits per heavy atom. The lowest BCUT2D eigenvalue weighted by Gasteiger charge is -2.28. The Morgan fingerprint density at radius 3 is 2.43 bits per heavy atom. The maximum atomic E-state index is 13.5. The van der Waals surface area contributed by atoms with E-state index in [9.17, 15) is 17.6 Å².